The van der Waals surface area contributed by atoms with Crippen molar-refractivity contribution < 1.29 is 27.5 Å². The lowest BCUT2D eigenvalue weighted by Crippen LogP contribution is -2.18. The summed E-state index contributed by atoms with van der Waals surface area (Å²) < 4.78 is 54.2. The molecule has 26 heavy (non-hydrogen) atoms. The molecule has 0 saturated heterocycles. The molecule has 0 aliphatic carbocycles. The first-order valence-corrected chi connectivity index (χ1v) is 7.79. The van der Waals surface area contributed by atoms with E-state index in [-0.39, 0.29) is 16.0 Å². The number of halogens is 5. The van der Waals surface area contributed by atoms with E-state index < -0.39 is 29.2 Å². The lowest BCUT2D eigenvalue weighted by Gasteiger charge is -2.12. The first-order valence-electron chi connectivity index (χ1n) is 7.00. The Bertz CT molecular complexity index is 1000. The van der Waals surface area contributed by atoms with Gasteiger partial charge in [-0.25, -0.2) is 18.9 Å². The van der Waals surface area contributed by atoms with Gasteiger partial charge in [-0.15, -0.1) is 0 Å². The van der Waals surface area contributed by atoms with E-state index in [4.69, 9.17) is 5.11 Å². The van der Waals surface area contributed by atoms with Gasteiger partial charge in [0.1, 0.15) is 11.4 Å². The van der Waals surface area contributed by atoms with Crippen molar-refractivity contribution >= 4 is 21.9 Å². The van der Waals surface area contributed by atoms with Crippen molar-refractivity contribution in [3.05, 3.63) is 64.1 Å². The molecule has 0 aliphatic heterocycles. The second kappa shape index (κ2) is 6.52. The van der Waals surface area contributed by atoms with Gasteiger partial charge in [0.05, 0.1) is 16.4 Å². The summed E-state index contributed by atoms with van der Waals surface area (Å²) in [6.45, 7) is 0. The van der Waals surface area contributed by atoms with Crippen molar-refractivity contribution in [3.8, 4) is 17.1 Å². The highest BCUT2D eigenvalue weighted by atomic mass is 79.9. The Morgan fingerprint density at radius 2 is 1.92 bits per heavy atom. The zero-order valence-electron chi connectivity index (χ0n) is 12.6. The number of hydrogen-bond donors (Lipinski definition) is 1. The predicted molar refractivity (Wildman–Crippen MR) is 86.4 cm³/mol. The predicted octanol–water partition coefficient (Wildman–Crippen LogP) is 4.55. The Morgan fingerprint density at radius 1 is 1.19 bits per heavy atom. The fourth-order valence-corrected chi connectivity index (χ4v) is 2.56. The van der Waals surface area contributed by atoms with Crippen LogP contribution in [0.3, 0.4) is 0 Å². The first kappa shape index (κ1) is 18.1. The zero-order chi connectivity index (χ0) is 19.1. The third kappa shape index (κ3) is 3.32. The minimum absolute atomic E-state index is 0.203. The molecule has 0 unspecified atom stereocenters. The largest absolute Gasteiger partial charge is 0.478 e. The van der Waals surface area contributed by atoms with E-state index >= 15 is 0 Å². The van der Waals surface area contributed by atoms with Gasteiger partial charge in [-0.05, 0) is 40.2 Å². The van der Waals surface area contributed by atoms with Gasteiger partial charge in [-0.1, -0.05) is 12.1 Å². The van der Waals surface area contributed by atoms with Crippen molar-refractivity contribution in [2.45, 2.75) is 6.18 Å². The highest BCUT2D eigenvalue weighted by Gasteiger charge is 2.41. The number of aromatic nitrogens is 3. The van der Waals surface area contributed by atoms with Crippen LogP contribution < -0.4 is 0 Å². The number of carbonyl (C=O) groups is 1. The van der Waals surface area contributed by atoms with Crippen LogP contribution in [0.15, 0.2) is 47.1 Å². The maximum absolute atomic E-state index is 13.7. The van der Waals surface area contributed by atoms with Gasteiger partial charge in [-0.2, -0.15) is 18.3 Å². The van der Waals surface area contributed by atoms with Crippen molar-refractivity contribution in [2.24, 2.45) is 0 Å². The molecule has 3 rings (SSSR count). The lowest BCUT2D eigenvalue weighted by atomic mass is 10.1. The number of carboxylic acid groups (broad SMARTS) is 1. The van der Waals surface area contributed by atoms with Gasteiger partial charge in [-0.3, -0.25) is 0 Å². The Labute approximate surface area is 152 Å². The molecule has 0 atom stereocenters. The summed E-state index contributed by atoms with van der Waals surface area (Å²) in [5, 5.41) is 12.5. The molecule has 134 valence electrons. The van der Waals surface area contributed by atoms with Crippen molar-refractivity contribution in [2.75, 3.05) is 0 Å². The Kier molecular flexibility index (Phi) is 4.53. The average Bonchev–Trinajstić information content (AvgIpc) is 3.03. The van der Waals surface area contributed by atoms with Crippen LogP contribution in [0.4, 0.5) is 17.6 Å². The van der Waals surface area contributed by atoms with Crippen LogP contribution in [0.25, 0.3) is 17.1 Å². The van der Waals surface area contributed by atoms with Gasteiger partial charge >= 0.3 is 12.1 Å². The van der Waals surface area contributed by atoms with E-state index in [0.717, 1.165) is 0 Å². The first-order chi connectivity index (χ1) is 12.2. The van der Waals surface area contributed by atoms with Crippen molar-refractivity contribution in [1.82, 2.24) is 14.8 Å². The number of carboxylic acids is 1. The second-order valence-electron chi connectivity index (χ2n) is 5.13. The molecule has 0 amide bonds. The standard InChI is InChI=1S/C16H8BrF4N3O2/c17-10-5-4-8(6-11(10)18)12-2-1-3-13(23-12)24-14(16(19,20)21)9(7-22-24)15(25)26/h1-7H,(H,25,26). The summed E-state index contributed by atoms with van der Waals surface area (Å²) in [6.07, 6.45) is -4.34. The van der Waals surface area contributed by atoms with Crippen LogP contribution in [0.1, 0.15) is 16.1 Å². The highest BCUT2D eigenvalue weighted by Crippen LogP contribution is 2.33. The minimum Gasteiger partial charge on any atom is -0.478 e. The van der Waals surface area contributed by atoms with Crippen LogP contribution in [-0.2, 0) is 6.18 Å². The third-order valence-corrected chi connectivity index (χ3v) is 4.08. The van der Waals surface area contributed by atoms with Crippen LogP contribution in [0.5, 0.6) is 0 Å². The van der Waals surface area contributed by atoms with Crippen molar-refractivity contribution in [3.63, 3.8) is 0 Å². The molecule has 0 spiro atoms. The average molecular weight is 430 g/mol. The molecule has 0 radical (unpaired) electrons. The topological polar surface area (TPSA) is 68.0 Å². The van der Waals surface area contributed by atoms with Crippen LogP contribution in [0.2, 0.25) is 0 Å². The van der Waals surface area contributed by atoms with Crippen LogP contribution in [-0.4, -0.2) is 25.8 Å². The normalized spacial score (nSPS) is 11.6. The number of rotatable bonds is 3. The molecule has 0 bridgehead atoms. The summed E-state index contributed by atoms with van der Waals surface area (Å²) in [7, 11) is 0. The molecule has 2 aromatic heterocycles. The van der Waals surface area contributed by atoms with E-state index in [1.165, 1.54) is 36.4 Å². The maximum atomic E-state index is 13.7. The molecule has 1 N–H and O–H groups in total. The molecule has 1 aromatic carbocycles. The summed E-state index contributed by atoms with van der Waals surface area (Å²) in [5.41, 5.74) is -1.89. The number of nitrogens with zero attached hydrogens (tertiary/aromatic N) is 3. The summed E-state index contributed by atoms with van der Waals surface area (Å²) in [6, 6.07) is 8.30. The molecule has 0 saturated carbocycles. The van der Waals surface area contributed by atoms with Gasteiger partial charge < -0.3 is 5.11 Å². The third-order valence-electron chi connectivity index (χ3n) is 3.43. The monoisotopic (exact) mass is 429 g/mol. The Balaban J connectivity index is 2.15. The molecular weight excluding hydrogens is 422 g/mol. The molecular formula is C16H8BrF4N3O2. The smallest absolute Gasteiger partial charge is 0.434 e. The molecule has 10 heteroatoms. The van der Waals surface area contributed by atoms with E-state index in [1.54, 1.807) is 0 Å². The minimum atomic E-state index is -4.95. The van der Waals surface area contributed by atoms with Gasteiger partial charge in [0.25, 0.3) is 0 Å². The van der Waals surface area contributed by atoms with Gasteiger partial charge in [0.15, 0.2) is 11.5 Å². The second-order valence-corrected chi connectivity index (χ2v) is 5.99. The number of benzene rings is 1. The van der Waals surface area contributed by atoms with E-state index in [2.05, 4.69) is 26.0 Å². The molecule has 0 aliphatic rings. The Hall–Kier alpha value is -2.75. The highest BCUT2D eigenvalue weighted by molar-refractivity contribution is 9.10. The van der Waals surface area contributed by atoms with Gasteiger partial charge in [0.2, 0.25) is 0 Å². The molecule has 5 nitrogen and oxygen atoms in total. The summed E-state index contributed by atoms with van der Waals surface area (Å²) in [4.78, 5) is 15.1. The number of hydrogen-bond acceptors (Lipinski definition) is 3. The molecule has 0 fully saturated rings. The quantitative estimate of drug-likeness (QED) is 0.620. The Morgan fingerprint density at radius 3 is 2.54 bits per heavy atom. The van der Waals surface area contributed by atoms with Crippen LogP contribution >= 0.6 is 15.9 Å². The number of aromatic carboxylic acids is 1. The fourth-order valence-electron chi connectivity index (χ4n) is 2.31. The maximum Gasteiger partial charge on any atom is 0.434 e. The fraction of sp³-hybridized carbons (Fsp3) is 0.0625. The SMILES string of the molecule is O=C(O)c1cnn(-c2cccc(-c3ccc(Br)c(F)c3)n2)c1C(F)(F)F. The van der Waals surface area contributed by atoms with E-state index in [1.807, 2.05) is 0 Å². The zero-order valence-corrected chi connectivity index (χ0v) is 14.2. The summed E-state index contributed by atoms with van der Waals surface area (Å²) in [5.74, 6) is -2.56. The molecule has 3 aromatic rings. The molecule has 2 heterocycles. The van der Waals surface area contributed by atoms with Crippen LogP contribution in [0, 0.1) is 5.82 Å². The number of pyridine rings is 1. The lowest BCUT2D eigenvalue weighted by molar-refractivity contribution is -0.143. The van der Waals surface area contributed by atoms with E-state index in [9.17, 15) is 22.4 Å². The van der Waals surface area contributed by atoms with Crippen molar-refractivity contribution in [1.29, 1.82) is 0 Å². The van der Waals surface area contributed by atoms with E-state index in [0.29, 0.717) is 16.4 Å². The number of alkyl halides is 3. The van der Waals surface area contributed by atoms with Gasteiger partial charge in [0, 0.05) is 5.56 Å². The summed E-state index contributed by atoms with van der Waals surface area (Å²) >= 11 is 3.01.